The summed E-state index contributed by atoms with van der Waals surface area (Å²) in [5.41, 5.74) is 3.53. The summed E-state index contributed by atoms with van der Waals surface area (Å²) in [4.78, 5) is 8.89. The molecule has 0 saturated heterocycles. The van der Waals surface area contributed by atoms with Gasteiger partial charge in [0.25, 0.3) is 0 Å². The number of nitriles is 1. The normalized spacial score (nSPS) is 10.3. The summed E-state index contributed by atoms with van der Waals surface area (Å²) in [5, 5.41) is 16.4. The van der Waals surface area contributed by atoms with E-state index >= 15 is 0 Å². The van der Waals surface area contributed by atoms with Crippen LogP contribution in [0, 0.1) is 25.2 Å². The van der Waals surface area contributed by atoms with E-state index in [0.29, 0.717) is 23.0 Å². The Morgan fingerprint density at radius 3 is 2.57 bits per heavy atom. The Balaban J connectivity index is 1.99. The Labute approximate surface area is 134 Å². The Bertz CT molecular complexity index is 886. The average Bonchev–Trinajstić information content (AvgIpc) is 2.88. The molecule has 6 heteroatoms. The van der Waals surface area contributed by atoms with Gasteiger partial charge in [0.15, 0.2) is 0 Å². The van der Waals surface area contributed by atoms with E-state index in [0.717, 1.165) is 11.3 Å². The van der Waals surface area contributed by atoms with Crippen LogP contribution >= 0.6 is 0 Å². The van der Waals surface area contributed by atoms with Gasteiger partial charge in [-0.2, -0.15) is 10.4 Å². The number of nitrogens with zero attached hydrogens (tertiary/aromatic N) is 5. The Morgan fingerprint density at radius 2 is 1.87 bits per heavy atom. The first-order valence-electron chi connectivity index (χ1n) is 7.18. The van der Waals surface area contributed by atoms with Gasteiger partial charge in [-0.05, 0) is 13.8 Å². The third-order valence-electron chi connectivity index (χ3n) is 3.49. The molecule has 0 unspecified atom stereocenters. The van der Waals surface area contributed by atoms with Crippen LogP contribution in [-0.4, -0.2) is 19.7 Å². The lowest BCUT2D eigenvalue weighted by molar-refractivity contribution is 0.775. The molecule has 0 aliphatic carbocycles. The first kappa shape index (κ1) is 14.7. The molecule has 2 aromatic heterocycles. The molecule has 3 rings (SSSR count). The van der Waals surface area contributed by atoms with Crippen LogP contribution in [0.25, 0.3) is 11.3 Å². The topological polar surface area (TPSA) is 79.4 Å². The molecule has 1 aromatic carbocycles. The van der Waals surface area contributed by atoms with Crippen LogP contribution in [0.15, 0.2) is 36.5 Å². The molecule has 3 aromatic rings. The maximum Gasteiger partial charge on any atom is 0.147 e. The lowest BCUT2D eigenvalue weighted by Gasteiger charge is -2.09. The van der Waals surface area contributed by atoms with Gasteiger partial charge in [-0.15, -0.1) is 0 Å². The molecule has 23 heavy (non-hydrogen) atoms. The first-order valence-corrected chi connectivity index (χ1v) is 7.18. The molecule has 2 heterocycles. The molecule has 1 N–H and O–H groups in total. The SMILES string of the molecule is Cc1ccc(-c2cc(Nc3c(C#N)cnn3C)nc(C)n2)cc1. The first-order chi connectivity index (χ1) is 11.1. The van der Waals surface area contributed by atoms with Crippen LogP contribution in [0.1, 0.15) is 17.0 Å². The van der Waals surface area contributed by atoms with Gasteiger partial charge in [0.05, 0.1) is 11.9 Å². The largest absolute Gasteiger partial charge is 0.324 e. The van der Waals surface area contributed by atoms with E-state index in [4.69, 9.17) is 5.26 Å². The molecule has 0 spiro atoms. The Hall–Kier alpha value is -3.20. The van der Waals surface area contributed by atoms with Crippen molar-refractivity contribution in [1.29, 1.82) is 5.26 Å². The maximum absolute atomic E-state index is 9.15. The quantitative estimate of drug-likeness (QED) is 0.804. The molecule has 0 aliphatic heterocycles. The predicted octanol–water partition coefficient (Wildman–Crippen LogP) is 3.11. The number of hydrogen-bond acceptors (Lipinski definition) is 5. The van der Waals surface area contributed by atoms with E-state index in [-0.39, 0.29) is 0 Å². The molecule has 0 bridgehead atoms. The number of aryl methyl sites for hydroxylation is 3. The van der Waals surface area contributed by atoms with Crippen molar-refractivity contribution in [2.75, 3.05) is 5.32 Å². The van der Waals surface area contributed by atoms with Crippen LogP contribution in [0.2, 0.25) is 0 Å². The number of benzene rings is 1. The molecule has 0 aliphatic rings. The lowest BCUT2D eigenvalue weighted by Crippen LogP contribution is -2.04. The van der Waals surface area contributed by atoms with Gasteiger partial charge in [0, 0.05) is 18.7 Å². The molecular formula is C17H16N6. The molecule has 0 amide bonds. The highest BCUT2D eigenvalue weighted by Crippen LogP contribution is 2.23. The van der Waals surface area contributed by atoms with Crippen LogP contribution in [0.3, 0.4) is 0 Å². The van der Waals surface area contributed by atoms with Gasteiger partial charge in [-0.3, -0.25) is 4.68 Å². The van der Waals surface area contributed by atoms with E-state index < -0.39 is 0 Å². The minimum absolute atomic E-state index is 0.473. The standard InChI is InChI=1S/C17H16N6/c1-11-4-6-13(7-5-11)15-8-16(21-12(2)20-15)22-17-14(9-18)10-19-23(17)3/h4-8,10H,1-3H3,(H,20,21,22). The van der Waals surface area contributed by atoms with Crippen molar-refractivity contribution in [3.8, 4) is 17.3 Å². The summed E-state index contributed by atoms with van der Waals surface area (Å²) >= 11 is 0. The number of rotatable bonds is 3. The summed E-state index contributed by atoms with van der Waals surface area (Å²) in [5.74, 6) is 1.90. The van der Waals surface area contributed by atoms with Crippen molar-refractivity contribution in [3.63, 3.8) is 0 Å². The fraction of sp³-hybridized carbons (Fsp3) is 0.176. The highest BCUT2D eigenvalue weighted by atomic mass is 15.3. The lowest BCUT2D eigenvalue weighted by atomic mass is 10.1. The number of nitrogens with one attached hydrogen (secondary N) is 1. The fourth-order valence-corrected chi connectivity index (χ4v) is 2.29. The molecule has 6 nitrogen and oxygen atoms in total. The Kier molecular flexibility index (Phi) is 3.77. The zero-order valence-electron chi connectivity index (χ0n) is 13.2. The van der Waals surface area contributed by atoms with Crippen LogP contribution in [0.5, 0.6) is 0 Å². The summed E-state index contributed by atoms with van der Waals surface area (Å²) in [7, 11) is 1.78. The molecule has 0 atom stereocenters. The molecule has 0 saturated carbocycles. The van der Waals surface area contributed by atoms with Crippen molar-refractivity contribution < 1.29 is 0 Å². The maximum atomic E-state index is 9.15. The van der Waals surface area contributed by atoms with Crippen LogP contribution in [-0.2, 0) is 7.05 Å². The monoisotopic (exact) mass is 304 g/mol. The minimum Gasteiger partial charge on any atom is -0.324 e. The summed E-state index contributed by atoms with van der Waals surface area (Å²) < 4.78 is 1.61. The van der Waals surface area contributed by atoms with E-state index in [2.05, 4.69) is 38.6 Å². The second-order valence-electron chi connectivity index (χ2n) is 5.32. The number of hydrogen-bond donors (Lipinski definition) is 1. The summed E-state index contributed by atoms with van der Waals surface area (Å²) in [6.07, 6.45) is 1.53. The molecule has 114 valence electrons. The molecular weight excluding hydrogens is 288 g/mol. The predicted molar refractivity (Wildman–Crippen MR) is 88.1 cm³/mol. The fourth-order valence-electron chi connectivity index (χ4n) is 2.29. The van der Waals surface area contributed by atoms with Crippen molar-refractivity contribution in [2.24, 2.45) is 7.05 Å². The van der Waals surface area contributed by atoms with Gasteiger partial charge in [-0.25, -0.2) is 9.97 Å². The van der Waals surface area contributed by atoms with Crippen molar-refractivity contribution in [2.45, 2.75) is 13.8 Å². The van der Waals surface area contributed by atoms with Crippen molar-refractivity contribution in [3.05, 3.63) is 53.5 Å². The Morgan fingerprint density at radius 1 is 1.13 bits per heavy atom. The third kappa shape index (κ3) is 3.04. The second-order valence-corrected chi connectivity index (χ2v) is 5.32. The minimum atomic E-state index is 0.473. The van der Waals surface area contributed by atoms with E-state index in [9.17, 15) is 0 Å². The van der Waals surface area contributed by atoms with Crippen LogP contribution < -0.4 is 5.32 Å². The summed E-state index contributed by atoms with van der Waals surface area (Å²) in [6, 6.07) is 12.1. The van der Waals surface area contributed by atoms with Crippen molar-refractivity contribution in [1.82, 2.24) is 19.7 Å². The van der Waals surface area contributed by atoms with Gasteiger partial charge in [0.2, 0.25) is 0 Å². The summed E-state index contributed by atoms with van der Waals surface area (Å²) in [6.45, 7) is 3.89. The second kappa shape index (κ2) is 5.89. The van der Waals surface area contributed by atoms with Crippen LogP contribution in [0.4, 0.5) is 11.6 Å². The molecule has 0 fully saturated rings. The van der Waals surface area contributed by atoms with E-state index in [1.807, 2.05) is 32.0 Å². The van der Waals surface area contributed by atoms with Gasteiger partial charge in [-0.1, -0.05) is 29.8 Å². The highest BCUT2D eigenvalue weighted by Gasteiger charge is 2.11. The van der Waals surface area contributed by atoms with Gasteiger partial charge in [0.1, 0.15) is 29.1 Å². The highest BCUT2D eigenvalue weighted by molar-refractivity contribution is 5.66. The number of aromatic nitrogens is 4. The average molecular weight is 304 g/mol. The zero-order chi connectivity index (χ0) is 16.4. The zero-order valence-corrected chi connectivity index (χ0v) is 13.2. The van der Waals surface area contributed by atoms with E-state index in [1.54, 1.807) is 11.7 Å². The van der Waals surface area contributed by atoms with Gasteiger partial charge < -0.3 is 5.32 Å². The van der Waals surface area contributed by atoms with Gasteiger partial charge >= 0.3 is 0 Å². The third-order valence-corrected chi connectivity index (χ3v) is 3.49. The van der Waals surface area contributed by atoms with E-state index in [1.165, 1.54) is 11.8 Å². The number of anilines is 2. The smallest absolute Gasteiger partial charge is 0.147 e. The molecule has 0 radical (unpaired) electrons. The van der Waals surface area contributed by atoms with Crippen molar-refractivity contribution >= 4 is 11.6 Å².